The maximum atomic E-state index is 6.86. The molecule has 0 unspecified atom stereocenters. The second kappa shape index (κ2) is 15.7. The molecule has 0 bridgehead atoms. The first kappa shape index (κ1) is 11.0. The zero-order chi connectivity index (χ0) is 6.83. The van der Waals surface area contributed by atoms with Crippen LogP contribution in [0, 0.1) is 5.53 Å². The number of hydrogen-bond donors (Lipinski definition) is 1. The van der Waals surface area contributed by atoms with E-state index in [2.05, 4.69) is 6.92 Å². The maximum absolute atomic E-state index is 6.86. The van der Waals surface area contributed by atoms with Crippen molar-refractivity contribution in [1.82, 2.24) is 0 Å². The number of nitrogens with zero attached hydrogens (tertiary/aromatic N) is 2. The zero-order valence-corrected chi connectivity index (χ0v) is 7.87. The Labute approximate surface area is 63.0 Å². The third-order valence-corrected chi connectivity index (χ3v) is 1.54. The van der Waals surface area contributed by atoms with E-state index < -0.39 is 0 Å². The SMILES string of the molecule is CCC[CH2][Sn].[N-]=[N+]=N. The molecule has 0 aliphatic heterocycles. The summed E-state index contributed by atoms with van der Waals surface area (Å²) in [7, 11) is 0. The first-order valence-electron chi connectivity index (χ1n) is 2.48. The van der Waals surface area contributed by atoms with Crippen LogP contribution >= 0.6 is 0 Å². The van der Waals surface area contributed by atoms with Gasteiger partial charge in [-0.05, 0) is 10.4 Å². The third kappa shape index (κ3) is 35.9. The van der Waals surface area contributed by atoms with Gasteiger partial charge in [0, 0.05) is 0 Å². The van der Waals surface area contributed by atoms with Gasteiger partial charge in [-0.2, -0.15) is 0 Å². The molecule has 3 radical (unpaired) electrons. The van der Waals surface area contributed by atoms with E-state index in [1.165, 1.54) is 17.3 Å². The van der Waals surface area contributed by atoms with Crippen molar-refractivity contribution < 1.29 is 0 Å². The Morgan fingerprint density at radius 3 is 2.12 bits per heavy atom. The molecule has 1 N–H and O–H groups in total. The maximum Gasteiger partial charge on any atom is -0.00208 e. The molecular weight excluding hydrogens is 209 g/mol. The summed E-state index contributed by atoms with van der Waals surface area (Å²) in [5.41, 5.74) is 12.2. The van der Waals surface area contributed by atoms with E-state index in [9.17, 15) is 0 Å². The number of rotatable bonds is 2. The fourth-order valence-corrected chi connectivity index (χ4v) is 1.19. The van der Waals surface area contributed by atoms with E-state index in [-0.39, 0.29) is 0 Å². The van der Waals surface area contributed by atoms with Gasteiger partial charge >= 0.3 is 46.7 Å². The molecule has 0 spiro atoms. The molecule has 4 heteroatoms. The number of nitrogens with one attached hydrogen (secondary N) is 1. The predicted octanol–water partition coefficient (Wildman–Crippen LogP) is 2.25. The fraction of sp³-hybridized carbons (Fsp3) is 1.00. The van der Waals surface area contributed by atoms with Gasteiger partial charge in [0.15, 0.2) is 0 Å². The van der Waals surface area contributed by atoms with Crippen LogP contribution in [0.25, 0.3) is 10.4 Å². The van der Waals surface area contributed by atoms with Gasteiger partial charge in [0.1, 0.15) is 0 Å². The second-order valence-corrected chi connectivity index (χ2v) is 2.63. The van der Waals surface area contributed by atoms with E-state index >= 15 is 0 Å². The van der Waals surface area contributed by atoms with Crippen LogP contribution in [0.5, 0.6) is 0 Å². The van der Waals surface area contributed by atoms with Crippen LogP contribution in [0.1, 0.15) is 19.8 Å². The fourth-order valence-electron chi connectivity index (χ4n) is 0.177. The number of hydrogen-bond acceptors (Lipinski definition) is 1. The largest absolute Gasteiger partial charge is 0.108 e. The molecule has 0 fully saturated rings. The van der Waals surface area contributed by atoms with Gasteiger partial charge in [-0.25, -0.2) is 0 Å². The van der Waals surface area contributed by atoms with Crippen molar-refractivity contribution in [3.8, 4) is 0 Å². The minimum atomic E-state index is 1.37. The van der Waals surface area contributed by atoms with Crippen molar-refractivity contribution in [2.75, 3.05) is 0 Å². The summed E-state index contributed by atoms with van der Waals surface area (Å²) in [5.74, 6) is 0. The van der Waals surface area contributed by atoms with Crippen LogP contribution in [0.15, 0.2) is 0 Å². The van der Waals surface area contributed by atoms with Crippen LogP contribution in [-0.2, 0) is 0 Å². The normalized spacial score (nSPS) is 6.25. The standard InChI is InChI=1S/C4H9.HN3.Sn/c1-3-4-2;1-3-2;/h1,3-4H2,2H3;1H;. The molecule has 0 saturated carbocycles. The molecule has 0 aromatic carbocycles. The molecule has 0 aromatic heterocycles. The molecule has 45 valence electrons. The monoisotopic (exact) mass is 220 g/mol. The predicted molar refractivity (Wildman–Crippen MR) is 34.9 cm³/mol. The van der Waals surface area contributed by atoms with E-state index in [0.29, 0.717) is 0 Å². The molecular formula is C4H10N3Sn. The summed E-state index contributed by atoms with van der Waals surface area (Å²) in [6.45, 7) is 2.23. The van der Waals surface area contributed by atoms with Crippen LogP contribution in [0.2, 0.25) is 4.44 Å². The van der Waals surface area contributed by atoms with Gasteiger partial charge in [-0.1, -0.05) is 0 Å². The Hall–Kier alpha value is 0.109. The molecule has 0 rings (SSSR count). The summed E-state index contributed by atoms with van der Waals surface area (Å²) in [5, 5.41) is 0. The first-order valence-corrected chi connectivity index (χ1v) is 4.50. The van der Waals surface area contributed by atoms with E-state index in [4.69, 9.17) is 11.1 Å². The average molecular weight is 219 g/mol. The van der Waals surface area contributed by atoms with Crippen molar-refractivity contribution in [1.29, 1.82) is 5.53 Å². The Balaban J connectivity index is 0. The van der Waals surface area contributed by atoms with Crippen molar-refractivity contribution in [2.45, 2.75) is 24.2 Å². The van der Waals surface area contributed by atoms with Crippen molar-refractivity contribution in [3.05, 3.63) is 10.4 Å². The topological polar surface area (TPSA) is 60.3 Å². The van der Waals surface area contributed by atoms with E-state index in [0.717, 1.165) is 0 Å². The summed E-state index contributed by atoms with van der Waals surface area (Å²) in [4.78, 5) is 1.75. The molecule has 3 nitrogen and oxygen atoms in total. The third-order valence-electron chi connectivity index (χ3n) is 0.530. The summed E-state index contributed by atoms with van der Waals surface area (Å²) in [6, 6.07) is 0. The smallest absolute Gasteiger partial charge is 0.00208 e. The minimum Gasteiger partial charge on any atom is -0.108 e. The molecule has 0 amide bonds. The molecule has 0 heterocycles. The van der Waals surface area contributed by atoms with Gasteiger partial charge in [-0.15, -0.1) is 5.53 Å². The van der Waals surface area contributed by atoms with E-state index in [1.807, 2.05) is 0 Å². The average Bonchev–Trinajstić information content (AvgIpc) is 1.71. The molecule has 8 heavy (non-hydrogen) atoms. The Bertz CT molecular complexity index is 56.3. The van der Waals surface area contributed by atoms with Gasteiger partial charge < -0.3 is 0 Å². The van der Waals surface area contributed by atoms with Gasteiger partial charge in [0.25, 0.3) is 0 Å². The van der Waals surface area contributed by atoms with E-state index in [1.54, 1.807) is 27.4 Å². The van der Waals surface area contributed by atoms with Gasteiger partial charge in [-0.3, -0.25) is 0 Å². The van der Waals surface area contributed by atoms with Gasteiger partial charge in [0.05, 0.1) is 0 Å². The Kier molecular flexibility index (Phi) is 21.6. The molecule has 0 aliphatic rings. The van der Waals surface area contributed by atoms with Crippen molar-refractivity contribution in [3.63, 3.8) is 0 Å². The summed E-state index contributed by atoms with van der Waals surface area (Å²) >= 11 is 1.68. The zero-order valence-electron chi connectivity index (χ0n) is 5.02. The van der Waals surface area contributed by atoms with Crippen LogP contribution in [-0.4, -0.2) is 22.5 Å². The van der Waals surface area contributed by atoms with Crippen molar-refractivity contribution >= 4 is 22.5 Å². The minimum absolute atomic E-state index is 1.37. The Morgan fingerprint density at radius 1 is 1.75 bits per heavy atom. The summed E-state index contributed by atoms with van der Waals surface area (Å²) < 4.78 is 1.43. The molecule has 0 atom stereocenters. The molecule has 0 aliphatic carbocycles. The second-order valence-electron chi connectivity index (χ2n) is 1.20. The molecule has 0 aromatic rings. The van der Waals surface area contributed by atoms with Crippen LogP contribution in [0.3, 0.4) is 0 Å². The van der Waals surface area contributed by atoms with Crippen LogP contribution in [0.4, 0.5) is 0 Å². The Morgan fingerprint density at radius 2 is 2.12 bits per heavy atom. The number of unbranched alkanes of at least 4 members (excludes halogenated alkanes) is 1. The van der Waals surface area contributed by atoms with Crippen LogP contribution < -0.4 is 0 Å². The first-order chi connectivity index (χ1) is 3.83. The molecule has 0 saturated heterocycles. The quantitative estimate of drug-likeness (QED) is 0.320. The van der Waals surface area contributed by atoms with Gasteiger partial charge in [0.2, 0.25) is 0 Å². The van der Waals surface area contributed by atoms with Crippen molar-refractivity contribution in [2.24, 2.45) is 0 Å². The summed E-state index contributed by atoms with van der Waals surface area (Å²) in [6.07, 6.45) is 2.80.